The third-order valence-corrected chi connectivity index (χ3v) is 6.91. The van der Waals surface area contributed by atoms with Crippen molar-refractivity contribution in [3.8, 4) is 11.5 Å². The average molecular weight is 404 g/mol. The van der Waals surface area contributed by atoms with Gasteiger partial charge in [-0.1, -0.05) is 30.3 Å². The van der Waals surface area contributed by atoms with Gasteiger partial charge in [0.2, 0.25) is 10.0 Å². The van der Waals surface area contributed by atoms with E-state index in [4.69, 9.17) is 9.47 Å². The van der Waals surface area contributed by atoms with Crippen LogP contribution in [0.4, 0.5) is 0 Å². The number of sulfonamides is 1. The lowest BCUT2D eigenvalue weighted by Crippen LogP contribution is -2.36. The number of hydrogen-bond donors (Lipinski definition) is 0. The molecule has 0 amide bonds. The van der Waals surface area contributed by atoms with Gasteiger partial charge < -0.3 is 9.47 Å². The molecule has 0 aliphatic rings. The van der Waals surface area contributed by atoms with E-state index in [1.165, 1.54) is 0 Å². The Morgan fingerprint density at radius 3 is 1.71 bits per heavy atom. The fraction of sp³-hybridized carbons (Fsp3) is 0.364. The zero-order valence-electron chi connectivity index (χ0n) is 16.8. The van der Waals surface area contributed by atoms with Crippen molar-refractivity contribution in [3.05, 3.63) is 72.3 Å². The van der Waals surface area contributed by atoms with Crippen LogP contribution < -0.4 is 9.47 Å². The van der Waals surface area contributed by atoms with Crippen molar-refractivity contribution in [3.63, 3.8) is 0 Å². The molecule has 0 saturated heterocycles. The highest BCUT2D eigenvalue weighted by atomic mass is 32.2. The van der Waals surface area contributed by atoms with Crippen LogP contribution in [0.3, 0.4) is 0 Å². The maximum absolute atomic E-state index is 13.2. The molecular weight excluding hydrogens is 374 g/mol. The molecule has 0 radical (unpaired) electrons. The summed E-state index contributed by atoms with van der Waals surface area (Å²) in [5.74, 6) is 1.49. The quantitative estimate of drug-likeness (QED) is 0.522. The highest BCUT2D eigenvalue weighted by Gasteiger charge is 2.28. The smallest absolute Gasteiger partial charge is 0.217 e. The number of hydrogen-bond acceptors (Lipinski definition) is 4. The minimum atomic E-state index is -3.48. The Kier molecular flexibility index (Phi) is 8.08. The lowest BCUT2D eigenvalue weighted by molar-refractivity contribution is 0.391. The molecule has 0 saturated carbocycles. The van der Waals surface area contributed by atoms with E-state index in [1.54, 1.807) is 31.5 Å². The summed E-state index contributed by atoms with van der Waals surface area (Å²) in [6, 6.07) is 14.9. The summed E-state index contributed by atoms with van der Waals surface area (Å²) in [7, 11) is -0.262. The standard InChI is InChI=1S/C22H29NO4S/c1-5-6-7-18(2)28(24,25)23(16-19-8-12-21(26-3)13-9-19)17-20-10-14-22(27-4)15-11-20/h5,8-15,18H,1,6-7,16-17H2,2-4H3/t18-/m1/s1. The van der Waals surface area contributed by atoms with Crippen LogP contribution in [0, 0.1) is 0 Å². The minimum absolute atomic E-state index is 0.302. The van der Waals surface area contributed by atoms with Gasteiger partial charge in [0, 0.05) is 13.1 Å². The first-order valence-electron chi connectivity index (χ1n) is 9.26. The number of rotatable bonds is 11. The lowest BCUT2D eigenvalue weighted by Gasteiger charge is -2.26. The first-order valence-corrected chi connectivity index (χ1v) is 10.8. The first kappa shape index (κ1) is 22.0. The van der Waals surface area contributed by atoms with Crippen LogP contribution in [0.25, 0.3) is 0 Å². The summed E-state index contributed by atoms with van der Waals surface area (Å²) >= 11 is 0. The zero-order valence-corrected chi connectivity index (χ0v) is 17.6. The van der Waals surface area contributed by atoms with E-state index in [-0.39, 0.29) is 0 Å². The van der Waals surface area contributed by atoms with E-state index < -0.39 is 15.3 Å². The van der Waals surface area contributed by atoms with Gasteiger partial charge >= 0.3 is 0 Å². The molecule has 0 fully saturated rings. The summed E-state index contributed by atoms with van der Waals surface area (Å²) in [6.45, 7) is 6.06. The topological polar surface area (TPSA) is 55.8 Å². The van der Waals surface area contributed by atoms with Crippen molar-refractivity contribution in [2.24, 2.45) is 0 Å². The van der Waals surface area contributed by atoms with Crippen LogP contribution in [0.1, 0.15) is 30.9 Å². The molecule has 0 aliphatic carbocycles. The predicted octanol–water partition coefficient (Wildman–Crippen LogP) is 4.39. The van der Waals surface area contributed by atoms with Gasteiger partial charge in [0.25, 0.3) is 0 Å². The van der Waals surface area contributed by atoms with Crippen molar-refractivity contribution < 1.29 is 17.9 Å². The Hall–Kier alpha value is -2.31. The van der Waals surface area contributed by atoms with E-state index in [2.05, 4.69) is 6.58 Å². The Morgan fingerprint density at radius 2 is 1.36 bits per heavy atom. The largest absolute Gasteiger partial charge is 0.497 e. The molecule has 0 aliphatic heterocycles. The molecule has 2 aromatic carbocycles. The van der Waals surface area contributed by atoms with Gasteiger partial charge in [-0.2, -0.15) is 4.31 Å². The van der Waals surface area contributed by atoms with E-state index >= 15 is 0 Å². The van der Waals surface area contributed by atoms with Crippen LogP contribution in [0.5, 0.6) is 11.5 Å². The Bertz CT molecular complexity index is 796. The second-order valence-electron chi connectivity index (χ2n) is 6.69. The summed E-state index contributed by atoms with van der Waals surface area (Å²) in [6.07, 6.45) is 2.97. The molecule has 0 spiro atoms. The van der Waals surface area contributed by atoms with Crippen molar-refractivity contribution in [1.29, 1.82) is 0 Å². The maximum atomic E-state index is 13.2. The number of benzene rings is 2. The van der Waals surface area contributed by atoms with E-state index in [0.717, 1.165) is 22.6 Å². The average Bonchev–Trinajstić information content (AvgIpc) is 2.72. The van der Waals surface area contributed by atoms with Crippen LogP contribution in [0.2, 0.25) is 0 Å². The van der Waals surface area contributed by atoms with Crippen molar-refractivity contribution in [2.75, 3.05) is 14.2 Å². The predicted molar refractivity (Wildman–Crippen MR) is 113 cm³/mol. The van der Waals surface area contributed by atoms with Gasteiger partial charge in [0.15, 0.2) is 0 Å². The summed E-state index contributed by atoms with van der Waals surface area (Å²) in [4.78, 5) is 0. The third-order valence-electron chi connectivity index (χ3n) is 4.68. The van der Waals surface area contributed by atoms with Gasteiger partial charge in [0.1, 0.15) is 11.5 Å². The van der Waals surface area contributed by atoms with Crippen molar-refractivity contribution in [2.45, 2.75) is 38.1 Å². The van der Waals surface area contributed by atoms with Crippen LogP contribution in [0.15, 0.2) is 61.2 Å². The minimum Gasteiger partial charge on any atom is -0.497 e. The molecular formula is C22H29NO4S. The molecule has 0 unspecified atom stereocenters. The Balaban J connectivity index is 2.28. The number of ether oxygens (including phenoxy) is 2. The van der Waals surface area contributed by atoms with Gasteiger partial charge in [-0.15, -0.1) is 6.58 Å². The molecule has 2 aromatic rings. The second-order valence-corrected chi connectivity index (χ2v) is 9.04. The zero-order chi connectivity index (χ0) is 20.6. The lowest BCUT2D eigenvalue weighted by atomic mass is 10.2. The number of methoxy groups -OCH3 is 2. The van der Waals surface area contributed by atoms with Gasteiger partial charge in [-0.25, -0.2) is 8.42 Å². The fourth-order valence-electron chi connectivity index (χ4n) is 2.86. The van der Waals surface area contributed by atoms with Crippen LogP contribution in [-0.2, 0) is 23.1 Å². The fourth-order valence-corrected chi connectivity index (χ4v) is 4.46. The normalized spacial score (nSPS) is 12.6. The third kappa shape index (κ3) is 5.84. The first-order chi connectivity index (χ1) is 13.4. The highest BCUT2D eigenvalue weighted by Crippen LogP contribution is 2.22. The molecule has 152 valence electrons. The molecule has 0 heterocycles. The van der Waals surface area contributed by atoms with Gasteiger partial charge in [0.05, 0.1) is 19.5 Å². The van der Waals surface area contributed by atoms with Crippen molar-refractivity contribution in [1.82, 2.24) is 4.31 Å². The Morgan fingerprint density at radius 1 is 0.929 bits per heavy atom. The monoisotopic (exact) mass is 403 g/mol. The molecule has 5 nitrogen and oxygen atoms in total. The second kappa shape index (κ2) is 10.3. The maximum Gasteiger partial charge on any atom is 0.217 e. The molecule has 28 heavy (non-hydrogen) atoms. The van der Waals surface area contributed by atoms with Gasteiger partial charge in [-0.05, 0) is 55.2 Å². The van der Waals surface area contributed by atoms with E-state index in [1.807, 2.05) is 48.5 Å². The molecule has 2 rings (SSSR count). The molecule has 1 atom stereocenters. The van der Waals surface area contributed by atoms with Crippen LogP contribution >= 0.6 is 0 Å². The van der Waals surface area contributed by atoms with E-state index in [9.17, 15) is 8.42 Å². The summed E-state index contributed by atoms with van der Waals surface area (Å²) in [5, 5.41) is -0.484. The number of allylic oxidation sites excluding steroid dienone is 1. The molecule has 0 N–H and O–H groups in total. The summed E-state index contributed by atoms with van der Waals surface area (Å²) in [5.41, 5.74) is 1.82. The number of nitrogens with zero attached hydrogens (tertiary/aromatic N) is 1. The molecule has 6 heteroatoms. The summed E-state index contributed by atoms with van der Waals surface area (Å²) < 4.78 is 38.4. The molecule has 0 aromatic heterocycles. The van der Waals surface area contributed by atoms with Crippen molar-refractivity contribution >= 4 is 10.0 Å². The van der Waals surface area contributed by atoms with Gasteiger partial charge in [-0.3, -0.25) is 0 Å². The Labute approximate surface area is 168 Å². The van der Waals surface area contributed by atoms with Crippen LogP contribution in [-0.4, -0.2) is 32.2 Å². The highest BCUT2D eigenvalue weighted by molar-refractivity contribution is 7.89. The SMILES string of the molecule is C=CCC[C@@H](C)S(=O)(=O)N(Cc1ccc(OC)cc1)Cc1ccc(OC)cc1. The van der Waals surface area contributed by atoms with E-state index in [0.29, 0.717) is 25.9 Å². The molecule has 0 bridgehead atoms.